The molecule has 1 aromatic rings. The molecule has 0 aromatic heterocycles. The van der Waals surface area contributed by atoms with Crippen molar-refractivity contribution in [3.05, 3.63) is 33.8 Å². The molecule has 2 atom stereocenters. The fourth-order valence-electron chi connectivity index (χ4n) is 1.83. The van der Waals surface area contributed by atoms with Crippen LogP contribution in [0.25, 0.3) is 0 Å². The van der Waals surface area contributed by atoms with Crippen LogP contribution in [0.5, 0.6) is 0 Å². The molecule has 1 aromatic carbocycles. The average Bonchev–Trinajstić information content (AvgIpc) is 2.58. The number of hydrogen-bond acceptors (Lipinski definition) is 3. The van der Waals surface area contributed by atoms with E-state index in [1.54, 1.807) is 6.07 Å². The molecule has 0 spiro atoms. The van der Waals surface area contributed by atoms with Crippen molar-refractivity contribution in [2.24, 2.45) is 5.92 Å². The van der Waals surface area contributed by atoms with Crippen LogP contribution in [0.3, 0.4) is 0 Å². The molecule has 0 radical (unpaired) electrons. The van der Waals surface area contributed by atoms with E-state index in [9.17, 15) is 0 Å². The second kappa shape index (κ2) is 6.03. The van der Waals surface area contributed by atoms with Gasteiger partial charge in [-0.1, -0.05) is 29.3 Å². The SMILES string of the molecule is OCC1CNCC(c2ccc(Cl)c(Cl)c2)OC1. The first-order valence-electron chi connectivity index (χ1n) is 5.59. The zero-order valence-corrected chi connectivity index (χ0v) is 10.8. The Morgan fingerprint density at radius 2 is 2.12 bits per heavy atom. The highest BCUT2D eigenvalue weighted by Gasteiger charge is 2.20. The van der Waals surface area contributed by atoms with E-state index < -0.39 is 0 Å². The van der Waals surface area contributed by atoms with Crippen molar-refractivity contribution in [3.63, 3.8) is 0 Å². The van der Waals surface area contributed by atoms with E-state index in [0.29, 0.717) is 23.2 Å². The summed E-state index contributed by atoms with van der Waals surface area (Å²) in [5.41, 5.74) is 1.01. The third kappa shape index (κ3) is 3.33. The summed E-state index contributed by atoms with van der Waals surface area (Å²) in [5, 5.41) is 13.4. The smallest absolute Gasteiger partial charge is 0.0949 e. The predicted octanol–water partition coefficient (Wildman–Crippen LogP) is 2.26. The lowest BCUT2D eigenvalue weighted by molar-refractivity contribution is 0.0356. The maximum absolute atomic E-state index is 9.09. The number of rotatable bonds is 2. The van der Waals surface area contributed by atoms with Gasteiger partial charge in [-0.2, -0.15) is 0 Å². The minimum Gasteiger partial charge on any atom is -0.396 e. The highest BCUT2D eigenvalue weighted by Crippen LogP contribution is 2.27. The van der Waals surface area contributed by atoms with E-state index >= 15 is 0 Å². The first kappa shape index (κ1) is 13.1. The maximum Gasteiger partial charge on any atom is 0.0949 e. The molecule has 1 heterocycles. The Hall–Kier alpha value is -0.320. The quantitative estimate of drug-likeness (QED) is 0.870. The molecule has 17 heavy (non-hydrogen) atoms. The zero-order chi connectivity index (χ0) is 12.3. The second-order valence-electron chi connectivity index (χ2n) is 4.20. The molecular formula is C12H15Cl2NO2. The summed E-state index contributed by atoms with van der Waals surface area (Å²) in [6.45, 7) is 2.18. The van der Waals surface area contributed by atoms with Crippen molar-refractivity contribution in [1.29, 1.82) is 0 Å². The molecule has 0 aliphatic carbocycles. The normalized spacial score (nSPS) is 25.6. The number of aliphatic hydroxyl groups is 1. The lowest BCUT2D eigenvalue weighted by Crippen LogP contribution is -2.25. The lowest BCUT2D eigenvalue weighted by atomic mass is 10.1. The molecule has 5 heteroatoms. The lowest BCUT2D eigenvalue weighted by Gasteiger charge is -2.16. The van der Waals surface area contributed by atoms with Crippen LogP contribution in [0, 0.1) is 5.92 Å². The van der Waals surface area contributed by atoms with Gasteiger partial charge < -0.3 is 15.2 Å². The number of hydrogen-bond donors (Lipinski definition) is 2. The molecule has 0 saturated carbocycles. The number of nitrogens with one attached hydrogen (secondary N) is 1. The van der Waals surface area contributed by atoms with Gasteiger partial charge >= 0.3 is 0 Å². The molecule has 2 N–H and O–H groups in total. The van der Waals surface area contributed by atoms with Crippen molar-refractivity contribution < 1.29 is 9.84 Å². The van der Waals surface area contributed by atoms with E-state index in [-0.39, 0.29) is 18.6 Å². The topological polar surface area (TPSA) is 41.5 Å². The molecule has 3 nitrogen and oxygen atoms in total. The van der Waals surface area contributed by atoms with Crippen molar-refractivity contribution >= 4 is 23.2 Å². The van der Waals surface area contributed by atoms with E-state index in [4.69, 9.17) is 33.0 Å². The third-order valence-corrected chi connectivity index (χ3v) is 3.61. The molecule has 1 fully saturated rings. The average molecular weight is 276 g/mol. The molecule has 0 amide bonds. The Labute approximate surface area is 111 Å². The van der Waals surface area contributed by atoms with Crippen LogP contribution in [0.1, 0.15) is 11.7 Å². The Bertz CT molecular complexity index is 387. The minimum atomic E-state index is -0.0404. The van der Waals surface area contributed by atoms with E-state index in [1.165, 1.54) is 0 Å². The van der Waals surface area contributed by atoms with Gasteiger partial charge in [0.2, 0.25) is 0 Å². The number of ether oxygens (including phenoxy) is 1. The number of aliphatic hydroxyl groups excluding tert-OH is 1. The Morgan fingerprint density at radius 1 is 1.29 bits per heavy atom. The fraction of sp³-hybridized carbons (Fsp3) is 0.500. The van der Waals surface area contributed by atoms with Crippen LogP contribution in [0.4, 0.5) is 0 Å². The van der Waals surface area contributed by atoms with Gasteiger partial charge in [0, 0.05) is 25.6 Å². The molecule has 1 aliphatic rings. The van der Waals surface area contributed by atoms with Gasteiger partial charge in [0.25, 0.3) is 0 Å². The summed E-state index contributed by atoms with van der Waals surface area (Å²) < 4.78 is 5.76. The summed E-state index contributed by atoms with van der Waals surface area (Å²) >= 11 is 11.9. The summed E-state index contributed by atoms with van der Waals surface area (Å²) in [6.07, 6.45) is -0.0404. The van der Waals surface area contributed by atoms with E-state index in [1.807, 2.05) is 12.1 Å². The third-order valence-electron chi connectivity index (χ3n) is 2.87. The van der Waals surface area contributed by atoms with Crippen LogP contribution in [-0.2, 0) is 4.74 Å². The first-order chi connectivity index (χ1) is 8.20. The summed E-state index contributed by atoms with van der Waals surface area (Å²) in [7, 11) is 0. The predicted molar refractivity (Wildman–Crippen MR) is 68.6 cm³/mol. The van der Waals surface area contributed by atoms with Gasteiger partial charge in [-0.3, -0.25) is 0 Å². The Balaban J connectivity index is 2.08. The van der Waals surface area contributed by atoms with Crippen LogP contribution in [0.2, 0.25) is 10.0 Å². The molecule has 2 unspecified atom stereocenters. The van der Waals surface area contributed by atoms with Crippen LogP contribution in [0.15, 0.2) is 18.2 Å². The number of benzene rings is 1. The van der Waals surface area contributed by atoms with Gasteiger partial charge in [-0.15, -0.1) is 0 Å². The van der Waals surface area contributed by atoms with Gasteiger partial charge in [0.1, 0.15) is 0 Å². The van der Waals surface area contributed by atoms with Crippen molar-refractivity contribution in [2.75, 3.05) is 26.3 Å². The van der Waals surface area contributed by atoms with E-state index in [0.717, 1.165) is 12.1 Å². The van der Waals surface area contributed by atoms with Crippen molar-refractivity contribution in [3.8, 4) is 0 Å². The highest BCUT2D eigenvalue weighted by atomic mass is 35.5. The van der Waals surface area contributed by atoms with Gasteiger partial charge in [0.05, 0.1) is 22.8 Å². The van der Waals surface area contributed by atoms with Gasteiger partial charge in [0.15, 0.2) is 0 Å². The molecular weight excluding hydrogens is 261 g/mol. The van der Waals surface area contributed by atoms with Gasteiger partial charge in [-0.05, 0) is 17.7 Å². The molecule has 1 saturated heterocycles. The summed E-state index contributed by atoms with van der Waals surface area (Å²) in [5.74, 6) is 0.155. The molecule has 2 rings (SSSR count). The monoisotopic (exact) mass is 275 g/mol. The Kier molecular flexibility index (Phi) is 4.65. The van der Waals surface area contributed by atoms with Gasteiger partial charge in [-0.25, -0.2) is 0 Å². The maximum atomic E-state index is 9.09. The first-order valence-corrected chi connectivity index (χ1v) is 6.34. The minimum absolute atomic E-state index is 0.0404. The molecule has 1 aliphatic heterocycles. The molecule has 94 valence electrons. The Morgan fingerprint density at radius 3 is 2.82 bits per heavy atom. The zero-order valence-electron chi connectivity index (χ0n) is 9.33. The summed E-state index contributed by atoms with van der Waals surface area (Å²) in [6, 6.07) is 5.52. The standard InChI is InChI=1S/C12H15Cl2NO2/c13-10-2-1-9(3-11(10)14)12-5-15-4-8(6-16)7-17-12/h1-3,8,12,15-16H,4-7H2. The largest absolute Gasteiger partial charge is 0.396 e. The fourth-order valence-corrected chi connectivity index (χ4v) is 2.14. The molecule has 0 bridgehead atoms. The van der Waals surface area contributed by atoms with Crippen LogP contribution >= 0.6 is 23.2 Å². The highest BCUT2D eigenvalue weighted by molar-refractivity contribution is 6.42. The number of halogens is 2. The van der Waals surface area contributed by atoms with Crippen molar-refractivity contribution in [1.82, 2.24) is 5.32 Å². The van der Waals surface area contributed by atoms with Crippen LogP contribution < -0.4 is 5.32 Å². The second-order valence-corrected chi connectivity index (χ2v) is 5.02. The van der Waals surface area contributed by atoms with E-state index in [2.05, 4.69) is 5.32 Å². The summed E-state index contributed by atoms with van der Waals surface area (Å²) in [4.78, 5) is 0. The van der Waals surface area contributed by atoms with Crippen molar-refractivity contribution in [2.45, 2.75) is 6.10 Å². The van der Waals surface area contributed by atoms with Crippen LogP contribution in [-0.4, -0.2) is 31.4 Å².